The third-order valence-electron chi connectivity index (χ3n) is 5.77. The highest BCUT2D eigenvalue weighted by atomic mass is 15.3. The summed E-state index contributed by atoms with van der Waals surface area (Å²) in [5.41, 5.74) is 6.10. The molecule has 0 unspecified atom stereocenters. The molecule has 2 aromatic carbocycles. The van der Waals surface area contributed by atoms with Crippen molar-refractivity contribution in [1.82, 2.24) is 14.9 Å². The Balaban J connectivity index is 1.61. The molecule has 0 aliphatic carbocycles. The minimum Gasteiger partial charge on any atom is -0.367 e. The summed E-state index contributed by atoms with van der Waals surface area (Å²) in [6.45, 7) is 14.6. The number of aromatic nitrogens is 2. The van der Waals surface area contributed by atoms with Gasteiger partial charge in [-0.1, -0.05) is 58.0 Å². The van der Waals surface area contributed by atoms with Gasteiger partial charge in [-0.3, -0.25) is 4.90 Å². The summed E-state index contributed by atoms with van der Waals surface area (Å²) in [6.07, 6.45) is 1.23. The largest absolute Gasteiger partial charge is 0.367 e. The van der Waals surface area contributed by atoms with Crippen LogP contribution in [0, 0.1) is 0 Å². The zero-order valence-corrected chi connectivity index (χ0v) is 17.6. The fourth-order valence-electron chi connectivity index (χ4n) is 4.07. The average molecular weight is 377 g/mol. The van der Waals surface area contributed by atoms with Gasteiger partial charge in [0.1, 0.15) is 11.3 Å². The van der Waals surface area contributed by atoms with Crippen molar-refractivity contribution in [3.05, 3.63) is 48.0 Å². The minimum atomic E-state index is 0.166. The summed E-state index contributed by atoms with van der Waals surface area (Å²) in [7, 11) is 0. The lowest BCUT2D eigenvalue weighted by molar-refractivity contribution is 0.258. The summed E-state index contributed by atoms with van der Waals surface area (Å²) in [4.78, 5) is 13.6. The first-order chi connectivity index (χ1) is 13.5. The number of H-pyrrole nitrogens is 1. The Hall–Kier alpha value is -2.33. The minimum absolute atomic E-state index is 0.166. The molecule has 4 nitrogen and oxygen atoms in total. The third kappa shape index (κ3) is 3.79. The van der Waals surface area contributed by atoms with Crippen LogP contribution < -0.4 is 4.90 Å². The molecule has 0 spiro atoms. The van der Waals surface area contributed by atoms with Crippen LogP contribution >= 0.6 is 0 Å². The van der Waals surface area contributed by atoms with Gasteiger partial charge < -0.3 is 9.88 Å². The highest BCUT2D eigenvalue weighted by molar-refractivity contribution is 5.91. The normalized spacial score (nSPS) is 16.1. The van der Waals surface area contributed by atoms with Crippen LogP contribution in [0.5, 0.6) is 0 Å². The van der Waals surface area contributed by atoms with Gasteiger partial charge in [-0.15, -0.1) is 0 Å². The highest BCUT2D eigenvalue weighted by Gasteiger charge is 2.20. The maximum atomic E-state index is 4.99. The Kier molecular flexibility index (Phi) is 5.15. The topological polar surface area (TPSA) is 35.2 Å². The Morgan fingerprint density at radius 1 is 0.964 bits per heavy atom. The Morgan fingerprint density at radius 3 is 2.32 bits per heavy atom. The average Bonchev–Trinajstić information content (AvgIpc) is 3.13. The molecule has 0 radical (unpaired) electrons. The van der Waals surface area contributed by atoms with Gasteiger partial charge in [0, 0.05) is 31.7 Å². The van der Waals surface area contributed by atoms with E-state index in [1.54, 1.807) is 0 Å². The van der Waals surface area contributed by atoms with Gasteiger partial charge in [0.15, 0.2) is 0 Å². The van der Waals surface area contributed by atoms with Crippen molar-refractivity contribution in [2.75, 3.05) is 37.6 Å². The van der Waals surface area contributed by atoms with E-state index in [1.807, 2.05) is 0 Å². The molecule has 1 aromatic heterocycles. The molecule has 0 saturated carbocycles. The number of benzene rings is 2. The number of piperazine rings is 1. The smallest absolute Gasteiger partial charge is 0.138 e. The molecule has 1 saturated heterocycles. The van der Waals surface area contributed by atoms with E-state index in [2.05, 4.69) is 84.9 Å². The number of para-hydroxylation sites is 1. The van der Waals surface area contributed by atoms with E-state index in [0.29, 0.717) is 0 Å². The second-order valence-corrected chi connectivity index (χ2v) is 8.91. The van der Waals surface area contributed by atoms with E-state index in [1.165, 1.54) is 24.2 Å². The molecular weight excluding hydrogens is 344 g/mol. The molecule has 3 aromatic rings. The number of hydrogen-bond acceptors (Lipinski definition) is 3. The number of fused-ring (bicyclic) bond motifs is 1. The van der Waals surface area contributed by atoms with Crippen molar-refractivity contribution in [3.63, 3.8) is 0 Å². The van der Waals surface area contributed by atoms with Crippen LogP contribution in [-0.4, -0.2) is 47.6 Å². The first-order valence-corrected chi connectivity index (χ1v) is 10.5. The van der Waals surface area contributed by atoms with Crippen molar-refractivity contribution in [1.29, 1.82) is 0 Å². The van der Waals surface area contributed by atoms with Gasteiger partial charge in [-0.05, 0) is 36.1 Å². The van der Waals surface area contributed by atoms with Gasteiger partial charge in [0.05, 0.1) is 11.2 Å². The molecule has 4 heteroatoms. The standard InChI is InChI=1S/C24H32N4/c1-5-13-27-14-16-28(17-15-27)21-8-6-7-20-22(21)26-23(25-20)18-9-11-19(12-10-18)24(2,3)4/h6-12H,5,13-17H2,1-4H3,(H,25,26). The molecule has 0 amide bonds. The number of nitrogens with one attached hydrogen (secondary N) is 1. The molecule has 1 N–H and O–H groups in total. The summed E-state index contributed by atoms with van der Waals surface area (Å²) in [5.74, 6) is 0.951. The molecular formula is C24H32N4. The first kappa shape index (κ1) is 19.0. The number of imidazole rings is 1. The number of nitrogens with zero attached hydrogens (tertiary/aromatic N) is 3. The molecule has 4 rings (SSSR count). The maximum absolute atomic E-state index is 4.99. The zero-order valence-electron chi connectivity index (χ0n) is 17.6. The Morgan fingerprint density at radius 2 is 1.68 bits per heavy atom. The monoisotopic (exact) mass is 376 g/mol. The summed E-state index contributed by atoms with van der Waals surface area (Å²) in [6, 6.07) is 15.3. The van der Waals surface area contributed by atoms with Crippen LogP contribution in [0.3, 0.4) is 0 Å². The summed E-state index contributed by atoms with van der Waals surface area (Å²) in [5, 5.41) is 0. The Bertz CT molecular complexity index is 925. The van der Waals surface area contributed by atoms with Gasteiger partial charge in [-0.25, -0.2) is 4.98 Å². The predicted molar refractivity (Wildman–Crippen MR) is 119 cm³/mol. The second kappa shape index (κ2) is 7.59. The SMILES string of the molecule is CCCN1CCN(c2cccc3[nH]c(-c4ccc(C(C)(C)C)cc4)nc23)CC1. The van der Waals surface area contributed by atoms with Gasteiger partial charge in [0.25, 0.3) is 0 Å². The lowest BCUT2D eigenvalue weighted by Crippen LogP contribution is -2.46. The van der Waals surface area contributed by atoms with E-state index in [0.717, 1.165) is 48.6 Å². The molecule has 28 heavy (non-hydrogen) atoms. The van der Waals surface area contributed by atoms with Gasteiger partial charge in [-0.2, -0.15) is 0 Å². The second-order valence-electron chi connectivity index (χ2n) is 8.91. The van der Waals surface area contributed by atoms with Crippen molar-refractivity contribution in [3.8, 4) is 11.4 Å². The number of hydrogen-bond donors (Lipinski definition) is 1. The van der Waals surface area contributed by atoms with E-state index in [4.69, 9.17) is 4.98 Å². The van der Waals surface area contributed by atoms with E-state index >= 15 is 0 Å². The van der Waals surface area contributed by atoms with E-state index < -0.39 is 0 Å². The van der Waals surface area contributed by atoms with E-state index in [-0.39, 0.29) is 5.41 Å². The van der Waals surface area contributed by atoms with Crippen LogP contribution in [0.4, 0.5) is 5.69 Å². The van der Waals surface area contributed by atoms with Crippen LogP contribution in [-0.2, 0) is 5.41 Å². The summed E-state index contributed by atoms with van der Waals surface area (Å²) < 4.78 is 0. The highest BCUT2D eigenvalue weighted by Crippen LogP contribution is 2.30. The third-order valence-corrected chi connectivity index (χ3v) is 5.77. The molecule has 1 fully saturated rings. The first-order valence-electron chi connectivity index (χ1n) is 10.5. The number of anilines is 1. The van der Waals surface area contributed by atoms with Crippen molar-refractivity contribution in [2.24, 2.45) is 0 Å². The molecule has 2 heterocycles. The van der Waals surface area contributed by atoms with Crippen LogP contribution in [0.1, 0.15) is 39.7 Å². The molecule has 0 bridgehead atoms. The Labute approximate surface area is 168 Å². The van der Waals surface area contributed by atoms with Crippen LogP contribution in [0.15, 0.2) is 42.5 Å². The lowest BCUT2D eigenvalue weighted by atomic mass is 9.87. The fourth-order valence-corrected chi connectivity index (χ4v) is 4.07. The lowest BCUT2D eigenvalue weighted by Gasteiger charge is -2.36. The van der Waals surface area contributed by atoms with Crippen molar-refractivity contribution in [2.45, 2.75) is 39.5 Å². The molecule has 1 aliphatic heterocycles. The zero-order chi connectivity index (χ0) is 19.7. The molecule has 1 aliphatic rings. The number of rotatable bonds is 4. The fraction of sp³-hybridized carbons (Fsp3) is 0.458. The maximum Gasteiger partial charge on any atom is 0.138 e. The van der Waals surface area contributed by atoms with Crippen molar-refractivity contribution >= 4 is 16.7 Å². The van der Waals surface area contributed by atoms with Crippen LogP contribution in [0.2, 0.25) is 0 Å². The summed E-state index contributed by atoms with van der Waals surface area (Å²) >= 11 is 0. The predicted octanol–water partition coefficient (Wildman–Crippen LogP) is 5.06. The van der Waals surface area contributed by atoms with Crippen molar-refractivity contribution < 1.29 is 0 Å². The van der Waals surface area contributed by atoms with Gasteiger partial charge in [0.2, 0.25) is 0 Å². The van der Waals surface area contributed by atoms with Crippen LogP contribution in [0.25, 0.3) is 22.4 Å². The quantitative estimate of drug-likeness (QED) is 0.691. The molecule has 148 valence electrons. The number of aromatic amines is 1. The van der Waals surface area contributed by atoms with E-state index in [9.17, 15) is 0 Å². The van der Waals surface area contributed by atoms with Gasteiger partial charge >= 0.3 is 0 Å². The molecule has 0 atom stereocenters.